The molecule has 2 amide bonds. The quantitative estimate of drug-likeness (QED) is 0.706. The van der Waals surface area contributed by atoms with Crippen LogP contribution < -0.4 is 15.6 Å². The van der Waals surface area contributed by atoms with Crippen LogP contribution in [-0.2, 0) is 19.4 Å². The summed E-state index contributed by atoms with van der Waals surface area (Å²) in [6, 6.07) is 6.97. The number of sulfone groups is 1. The van der Waals surface area contributed by atoms with Gasteiger partial charge >= 0.3 is 0 Å². The van der Waals surface area contributed by atoms with Gasteiger partial charge in [-0.25, -0.2) is 8.42 Å². The lowest BCUT2D eigenvalue weighted by Crippen LogP contribution is -2.44. The molecule has 0 spiro atoms. The minimum atomic E-state index is -3.01. The van der Waals surface area contributed by atoms with Crippen LogP contribution in [0.1, 0.15) is 12.8 Å². The molecule has 1 atom stereocenters. The van der Waals surface area contributed by atoms with Crippen molar-refractivity contribution in [3.63, 3.8) is 0 Å². The molecule has 1 aromatic carbocycles. The molecule has 0 aliphatic carbocycles. The van der Waals surface area contributed by atoms with Crippen molar-refractivity contribution in [2.24, 2.45) is 5.92 Å². The van der Waals surface area contributed by atoms with Gasteiger partial charge in [-0.1, -0.05) is 15.9 Å². The summed E-state index contributed by atoms with van der Waals surface area (Å²) < 4.78 is 28.8. The number of amides is 2. The van der Waals surface area contributed by atoms with Crippen LogP contribution in [0.5, 0.6) is 5.75 Å². The van der Waals surface area contributed by atoms with Gasteiger partial charge in [0.05, 0.1) is 11.5 Å². The molecular weight excluding hydrogens is 388 g/mol. The minimum absolute atomic E-state index is 0.0288. The Morgan fingerprint density at radius 3 is 2.43 bits per heavy atom. The van der Waals surface area contributed by atoms with Crippen LogP contribution in [-0.4, -0.2) is 38.3 Å². The Bertz CT molecular complexity index is 675. The molecule has 1 aliphatic rings. The van der Waals surface area contributed by atoms with Crippen LogP contribution in [0, 0.1) is 5.92 Å². The Morgan fingerprint density at radius 2 is 1.83 bits per heavy atom. The number of carbonyl (C=O) groups is 2. The van der Waals surface area contributed by atoms with E-state index in [9.17, 15) is 18.0 Å². The third kappa shape index (κ3) is 6.19. The molecular formula is C14H17BrN2O5S. The lowest BCUT2D eigenvalue weighted by atomic mass is 10.1. The number of hydrazine groups is 1. The third-order valence-corrected chi connectivity index (χ3v) is 5.69. The molecule has 0 aromatic heterocycles. The first-order chi connectivity index (χ1) is 10.8. The van der Waals surface area contributed by atoms with Crippen molar-refractivity contribution in [1.82, 2.24) is 10.9 Å². The van der Waals surface area contributed by atoms with E-state index in [1.807, 2.05) is 0 Å². The maximum absolute atomic E-state index is 11.7. The summed E-state index contributed by atoms with van der Waals surface area (Å²) in [6.45, 7) is -0.236. The van der Waals surface area contributed by atoms with Gasteiger partial charge in [-0.05, 0) is 36.6 Å². The molecule has 1 aromatic rings. The van der Waals surface area contributed by atoms with Crippen molar-refractivity contribution in [2.45, 2.75) is 12.8 Å². The van der Waals surface area contributed by atoms with E-state index < -0.39 is 21.7 Å². The molecule has 1 heterocycles. The van der Waals surface area contributed by atoms with E-state index in [2.05, 4.69) is 26.8 Å². The van der Waals surface area contributed by atoms with Gasteiger partial charge in [-0.2, -0.15) is 0 Å². The number of nitrogens with one attached hydrogen (secondary N) is 2. The molecule has 1 saturated heterocycles. The van der Waals surface area contributed by atoms with Gasteiger partial charge in [0.2, 0.25) is 5.91 Å². The Kier molecular flexibility index (Phi) is 6.00. The summed E-state index contributed by atoms with van der Waals surface area (Å²) in [5, 5.41) is 0. The summed E-state index contributed by atoms with van der Waals surface area (Å²) in [5.41, 5.74) is 4.50. The lowest BCUT2D eigenvalue weighted by molar-refractivity contribution is -0.130. The van der Waals surface area contributed by atoms with Gasteiger partial charge in [0, 0.05) is 10.9 Å². The van der Waals surface area contributed by atoms with Crippen molar-refractivity contribution in [3.8, 4) is 5.75 Å². The number of carbonyl (C=O) groups excluding carboxylic acids is 2. The molecule has 2 N–H and O–H groups in total. The van der Waals surface area contributed by atoms with E-state index >= 15 is 0 Å². The van der Waals surface area contributed by atoms with Gasteiger partial charge < -0.3 is 4.74 Å². The van der Waals surface area contributed by atoms with E-state index in [0.717, 1.165) is 4.47 Å². The van der Waals surface area contributed by atoms with Crippen molar-refractivity contribution in [1.29, 1.82) is 0 Å². The summed E-state index contributed by atoms with van der Waals surface area (Å²) >= 11 is 3.29. The van der Waals surface area contributed by atoms with E-state index in [1.54, 1.807) is 24.3 Å². The van der Waals surface area contributed by atoms with Gasteiger partial charge in [-0.3, -0.25) is 20.4 Å². The second kappa shape index (κ2) is 7.78. The Labute approximate surface area is 142 Å². The molecule has 7 nitrogen and oxygen atoms in total. The SMILES string of the molecule is O=C(COc1ccc(Br)cc1)NNC(=O)CC1CCS(=O)(=O)C1. The second-order valence-corrected chi connectivity index (χ2v) is 8.46. The first-order valence-electron chi connectivity index (χ1n) is 7.00. The van der Waals surface area contributed by atoms with Crippen molar-refractivity contribution in [3.05, 3.63) is 28.7 Å². The molecule has 1 fully saturated rings. The van der Waals surface area contributed by atoms with Gasteiger partial charge in [-0.15, -0.1) is 0 Å². The maximum atomic E-state index is 11.7. The fraction of sp³-hybridized carbons (Fsp3) is 0.429. The summed E-state index contributed by atoms with van der Waals surface area (Å²) in [6.07, 6.45) is 0.559. The normalized spacial score (nSPS) is 19.1. The lowest BCUT2D eigenvalue weighted by Gasteiger charge is -2.10. The third-order valence-electron chi connectivity index (χ3n) is 3.33. The number of hydrogen-bond donors (Lipinski definition) is 2. The van der Waals surface area contributed by atoms with Crippen molar-refractivity contribution >= 4 is 37.6 Å². The van der Waals surface area contributed by atoms with Crippen LogP contribution in [0.15, 0.2) is 28.7 Å². The highest BCUT2D eigenvalue weighted by atomic mass is 79.9. The zero-order chi connectivity index (χ0) is 16.9. The fourth-order valence-corrected chi connectivity index (χ4v) is 4.33. The topological polar surface area (TPSA) is 102 Å². The van der Waals surface area contributed by atoms with Crippen molar-refractivity contribution in [2.75, 3.05) is 18.1 Å². The highest BCUT2D eigenvalue weighted by Crippen LogP contribution is 2.21. The molecule has 1 unspecified atom stereocenters. The largest absolute Gasteiger partial charge is 0.484 e. The van der Waals surface area contributed by atoms with Crippen LogP contribution in [0.25, 0.3) is 0 Å². The van der Waals surface area contributed by atoms with E-state index in [4.69, 9.17) is 4.74 Å². The van der Waals surface area contributed by atoms with Crippen LogP contribution >= 0.6 is 15.9 Å². The molecule has 1 aliphatic heterocycles. The number of benzene rings is 1. The predicted octanol–water partition coefficient (Wildman–Crippen LogP) is 0.800. The van der Waals surface area contributed by atoms with E-state index in [0.29, 0.717) is 12.2 Å². The number of hydrogen-bond acceptors (Lipinski definition) is 5. The minimum Gasteiger partial charge on any atom is -0.484 e. The molecule has 0 radical (unpaired) electrons. The van der Waals surface area contributed by atoms with Crippen LogP contribution in [0.3, 0.4) is 0 Å². The summed E-state index contributed by atoms with van der Waals surface area (Å²) in [5.74, 6) is -0.412. The Hall–Kier alpha value is -1.61. The summed E-state index contributed by atoms with van der Waals surface area (Å²) in [7, 11) is -3.01. The highest BCUT2D eigenvalue weighted by Gasteiger charge is 2.29. The average Bonchev–Trinajstić information content (AvgIpc) is 2.83. The number of ether oxygens (including phenoxy) is 1. The van der Waals surface area contributed by atoms with E-state index in [-0.39, 0.29) is 30.5 Å². The Morgan fingerprint density at radius 1 is 1.17 bits per heavy atom. The molecule has 23 heavy (non-hydrogen) atoms. The Balaban J connectivity index is 1.66. The molecule has 0 bridgehead atoms. The van der Waals surface area contributed by atoms with Crippen LogP contribution in [0.2, 0.25) is 0 Å². The standard InChI is InChI=1S/C14H17BrN2O5S/c15-11-1-3-12(4-2-11)22-8-14(19)17-16-13(18)7-10-5-6-23(20,21)9-10/h1-4,10H,5-9H2,(H,16,18)(H,17,19). The van der Waals surface area contributed by atoms with E-state index in [1.165, 1.54) is 0 Å². The van der Waals surface area contributed by atoms with Gasteiger partial charge in [0.25, 0.3) is 5.91 Å². The molecule has 9 heteroatoms. The zero-order valence-corrected chi connectivity index (χ0v) is 14.7. The van der Waals surface area contributed by atoms with Gasteiger partial charge in [0.1, 0.15) is 5.75 Å². The predicted molar refractivity (Wildman–Crippen MR) is 87.3 cm³/mol. The smallest absolute Gasteiger partial charge is 0.276 e. The highest BCUT2D eigenvalue weighted by molar-refractivity contribution is 9.10. The average molecular weight is 405 g/mol. The molecule has 2 rings (SSSR count). The fourth-order valence-electron chi connectivity index (χ4n) is 2.20. The maximum Gasteiger partial charge on any atom is 0.276 e. The summed E-state index contributed by atoms with van der Waals surface area (Å²) in [4.78, 5) is 23.2. The monoisotopic (exact) mass is 404 g/mol. The van der Waals surface area contributed by atoms with Gasteiger partial charge in [0.15, 0.2) is 16.4 Å². The first kappa shape index (κ1) is 17.7. The first-order valence-corrected chi connectivity index (χ1v) is 9.62. The number of halogens is 1. The van der Waals surface area contributed by atoms with Crippen molar-refractivity contribution < 1.29 is 22.7 Å². The molecule has 126 valence electrons. The second-order valence-electron chi connectivity index (χ2n) is 5.31. The number of rotatable bonds is 5. The van der Waals surface area contributed by atoms with Crippen LogP contribution in [0.4, 0.5) is 0 Å². The molecule has 0 saturated carbocycles. The zero-order valence-electron chi connectivity index (χ0n) is 12.2.